The van der Waals surface area contributed by atoms with Crippen molar-refractivity contribution in [3.8, 4) is 22.9 Å². The molecule has 0 amide bonds. The summed E-state index contributed by atoms with van der Waals surface area (Å²) in [4.78, 5) is 3.46. The molecule has 2 aromatic rings. The van der Waals surface area contributed by atoms with Crippen LogP contribution in [0.1, 0.15) is 5.56 Å². The van der Waals surface area contributed by atoms with Crippen molar-refractivity contribution in [2.24, 2.45) is 0 Å². The molecule has 0 spiro atoms. The van der Waals surface area contributed by atoms with Crippen molar-refractivity contribution < 1.29 is 22.3 Å². The number of pyridine rings is 1. The molecule has 0 radical (unpaired) electrons. The van der Waals surface area contributed by atoms with Gasteiger partial charge in [-0.2, -0.15) is 9.65 Å². The van der Waals surface area contributed by atoms with Gasteiger partial charge in [0.2, 0.25) is 5.95 Å². The Morgan fingerprint density at radius 1 is 1.24 bits per heavy atom. The zero-order chi connectivity index (χ0) is 15.5. The van der Waals surface area contributed by atoms with Crippen LogP contribution in [0.2, 0.25) is 0 Å². The topological polar surface area (TPSA) is 45.9 Å². The first-order valence-corrected chi connectivity index (χ1v) is 5.76. The molecule has 0 aliphatic rings. The van der Waals surface area contributed by atoms with Crippen LogP contribution in [0, 0.1) is 17.3 Å². The molecular formula is C14H8F4N2O. The van der Waals surface area contributed by atoms with Gasteiger partial charge < -0.3 is 4.74 Å². The lowest BCUT2D eigenvalue weighted by atomic mass is 10.0. The molecule has 3 nitrogen and oxygen atoms in total. The molecule has 0 N–H and O–H groups in total. The standard InChI is InChI=1S/C14H8F4N2O/c15-13-7-10(4-5-19)12(8-20-13)9-2-1-3-11(6-9)21-14(16,17)18/h1-3,6-8H,4H2. The summed E-state index contributed by atoms with van der Waals surface area (Å²) in [6.45, 7) is 0. The lowest BCUT2D eigenvalue weighted by Gasteiger charge is -2.11. The minimum Gasteiger partial charge on any atom is -0.406 e. The third kappa shape index (κ3) is 3.92. The Bertz CT molecular complexity index is 692. The van der Waals surface area contributed by atoms with E-state index in [0.29, 0.717) is 16.7 Å². The molecule has 0 saturated carbocycles. The second-order valence-electron chi connectivity index (χ2n) is 4.07. The SMILES string of the molecule is N#CCc1cc(F)ncc1-c1cccc(OC(F)(F)F)c1. The van der Waals surface area contributed by atoms with Crippen molar-refractivity contribution in [3.05, 3.63) is 48.0 Å². The fourth-order valence-electron chi connectivity index (χ4n) is 1.82. The average molecular weight is 296 g/mol. The molecule has 2 rings (SSSR count). The predicted molar refractivity (Wildman–Crippen MR) is 65.6 cm³/mol. The summed E-state index contributed by atoms with van der Waals surface area (Å²) in [5, 5.41) is 8.72. The Morgan fingerprint density at radius 3 is 2.67 bits per heavy atom. The van der Waals surface area contributed by atoms with Crippen LogP contribution < -0.4 is 4.74 Å². The van der Waals surface area contributed by atoms with E-state index < -0.39 is 18.1 Å². The van der Waals surface area contributed by atoms with Crippen LogP contribution in [0.15, 0.2) is 36.5 Å². The maximum absolute atomic E-state index is 13.1. The Balaban J connectivity index is 2.43. The van der Waals surface area contributed by atoms with Gasteiger partial charge in [-0.1, -0.05) is 12.1 Å². The van der Waals surface area contributed by atoms with Crippen molar-refractivity contribution in [2.45, 2.75) is 12.8 Å². The number of halogens is 4. The third-order valence-corrected chi connectivity index (χ3v) is 2.60. The van der Waals surface area contributed by atoms with E-state index >= 15 is 0 Å². The molecule has 21 heavy (non-hydrogen) atoms. The molecule has 0 unspecified atom stereocenters. The largest absolute Gasteiger partial charge is 0.573 e. The molecule has 0 saturated heterocycles. The fourth-order valence-corrected chi connectivity index (χ4v) is 1.82. The zero-order valence-electron chi connectivity index (χ0n) is 10.5. The summed E-state index contributed by atoms with van der Waals surface area (Å²) >= 11 is 0. The van der Waals surface area contributed by atoms with Gasteiger partial charge in [-0.3, -0.25) is 0 Å². The molecule has 1 aromatic heterocycles. The lowest BCUT2D eigenvalue weighted by Crippen LogP contribution is -2.17. The number of hydrogen-bond acceptors (Lipinski definition) is 3. The van der Waals surface area contributed by atoms with Crippen LogP contribution in [0.4, 0.5) is 17.6 Å². The quantitative estimate of drug-likeness (QED) is 0.638. The van der Waals surface area contributed by atoms with E-state index in [4.69, 9.17) is 5.26 Å². The molecule has 0 atom stereocenters. The zero-order valence-corrected chi connectivity index (χ0v) is 10.5. The number of benzene rings is 1. The average Bonchev–Trinajstić information content (AvgIpc) is 2.37. The van der Waals surface area contributed by atoms with Crippen molar-refractivity contribution in [2.75, 3.05) is 0 Å². The van der Waals surface area contributed by atoms with E-state index in [1.807, 2.05) is 6.07 Å². The summed E-state index contributed by atoms with van der Waals surface area (Å²) in [6.07, 6.45) is -3.71. The first kappa shape index (κ1) is 14.8. The van der Waals surface area contributed by atoms with Crippen LogP contribution >= 0.6 is 0 Å². The number of nitriles is 1. The molecule has 0 fully saturated rings. The van der Waals surface area contributed by atoms with Gasteiger partial charge in [-0.25, -0.2) is 4.98 Å². The summed E-state index contributed by atoms with van der Waals surface area (Å²) in [5.74, 6) is -1.15. The highest BCUT2D eigenvalue weighted by Crippen LogP contribution is 2.29. The molecule has 1 aromatic carbocycles. The number of nitrogens with zero attached hydrogens (tertiary/aromatic N) is 2. The van der Waals surface area contributed by atoms with E-state index in [-0.39, 0.29) is 6.42 Å². The predicted octanol–water partition coefficient (Wildman–Crippen LogP) is 3.85. The number of alkyl halides is 3. The number of ether oxygens (including phenoxy) is 1. The minimum absolute atomic E-state index is 0.0842. The Kier molecular flexibility index (Phi) is 4.08. The summed E-state index contributed by atoms with van der Waals surface area (Å²) < 4.78 is 53.5. The smallest absolute Gasteiger partial charge is 0.406 e. The van der Waals surface area contributed by atoms with Gasteiger partial charge >= 0.3 is 6.36 Å². The second-order valence-corrected chi connectivity index (χ2v) is 4.07. The molecule has 108 valence electrons. The van der Waals surface area contributed by atoms with Crippen LogP contribution in [0.5, 0.6) is 5.75 Å². The van der Waals surface area contributed by atoms with E-state index in [1.54, 1.807) is 0 Å². The minimum atomic E-state index is -4.80. The molecule has 0 aliphatic heterocycles. The van der Waals surface area contributed by atoms with Gasteiger partial charge in [0.25, 0.3) is 0 Å². The van der Waals surface area contributed by atoms with E-state index in [1.165, 1.54) is 18.3 Å². The third-order valence-electron chi connectivity index (χ3n) is 2.60. The van der Waals surface area contributed by atoms with Gasteiger partial charge in [0, 0.05) is 11.8 Å². The molecule has 0 aliphatic carbocycles. The van der Waals surface area contributed by atoms with Gasteiger partial charge in [-0.05, 0) is 29.3 Å². The molecule has 0 bridgehead atoms. The lowest BCUT2D eigenvalue weighted by molar-refractivity contribution is -0.274. The highest BCUT2D eigenvalue weighted by Gasteiger charge is 2.31. The van der Waals surface area contributed by atoms with Gasteiger partial charge in [-0.15, -0.1) is 13.2 Å². The monoisotopic (exact) mass is 296 g/mol. The van der Waals surface area contributed by atoms with Crippen molar-refractivity contribution in [1.82, 2.24) is 4.98 Å². The van der Waals surface area contributed by atoms with Gasteiger partial charge in [0.15, 0.2) is 0 Å². The fraction of sp³-hybridized carbons (Fsp3) is 0.143. The van der Waals surface area contributed by atoms with Gasteiger partial charge in [0.1, 0.15) is 5.75 Å². The first-order valence-electron chi connectivity index (χ1n) is 5.76. The van der Waals surface area contributed by atoms with Crippen LogP contribution in [0.25, 0.3) is 11.1 Å². The normalized spacial score (nSPS) is 11.0. The molecule has 1 heterocycles. The maximum atomic E-state index is 13.1. The van der Waals surface area contributed by atoms with Crippen molar-refractivity contribution in [1.29, 1.82) is 5.26 Å². The summed E-state index contributed by atoms with van der Waals surface area (Å²) in [7, 11) is 0. The summed E-state index contributed by atoms with van der Waals surface area (Å²) in [5.41, 5.74) is 1.08. The van der Waals surface area contributed by atoms with E-state index in [2.05, 4.69) is 9.72 Å². The Hall–Kier alpha value is -2.62. The highest BCUT2D eigenvalue weighted by molar-refractivity contribution is 5.68. The van der Waals surface area contributed by atoms with Crippen LogP contribution in [0.3, 0.4) is 0 Å². The van der Waals surface area contributed by atoms with Crippen LogP contribution in [-0.2, 0) is 6.42 Å². The van der Waals surface area contributed by atoms with Gasteiger partial charge in [0.05, 0.1) is 12.5 Å². The van der Waals surface area contributed by atoms with E-state index in [9.17, 15) is 17.6 Å². The second kappa shape index (κ2) is 5.79. The first-order chi connectivity index (χ1) is 9.89. The highest BCUT2D eigenvalue weighted by atomic mass is 19.4. The molecule has 7 heteroatoms. The molecular weight excluding hydrogens is 288 g/mol. The summed E-state index contributed by atoms with van der Waals surface area (Å²) in [6, 6.07) is 8.15. The number of hydrogen-bond donors (Lipinski definition) is 0. The van der Waals surface area contributed by atoms with Crippen LogP contribution in [-0.4, -0.2) is 11.3 Å². The van der Waals surface area contributed by atoms with Crippen molar-refractivity contribution in [3.63, 3.8) is 0 Å². The maximum Gasteiger partial charge on any atom is 0.573 e. The Morgan fingerprint density at radius 2 is 2.00 bits per heavy atom. The van der Waals surface area contributed by atoms with Crippen molar-refractivity contribution >= 4 is 0 Å². The number of rotatable bonds is 3. The Labute approximate surface area is 117 Å². The van der Waals surface area contributed by atoms with E-state index in [0.717, 1.165) is 18.2 Å². The number of aromatic nitrogens is 1.